The molecule has 0 aliphatic heterocycles. The Morgan fingerprint density at radius 1 is 1.00 bits per heavy atom. The lowest BCUT2D eigenvalue weighted by molar-refractivity contribution is 0.101. The molecule has 0 spiro atoms. The predicted molar refractivity (Wildman–Crippen MR) is 98.3 cm³/mol. The van der Waals surface area contributed by atoms with Gasteiger partial charge in [0.2, 0.25) is 10.0 Å². The molecule has 0 saturated heterocycles. The highest BCUT2D eigenvalue weighted by Crippen LogP contribution is 2.25. The lowest BCUT2D eigenvalue weighted by Crippen LogP contribution is -2.27. The molecule has 3 rings (SSSR count). The van der Waals surface area contributed by atoms with Crippen LogP contribution in [0.15, 0.2) is 47.4 Å². The SMILES string of the molecule is CC(=O)c1ccc(S(=O)(=O)N[C@H](C)c2ccc3c(c2)CCCC3)cc1. The number of carbonyl (C=O) groups excluding carboxylic acids is 1. The number of ketones is 1. The van der Waals surface area contributed by atoms with E-state index < -0.39 is 10.0 Å². The molecular formula is C20H23NO3S. The van der Waals surface area contributed by atoms with Crippen LogP contribution in [0.2, 0.25) is 0 Å². The molecule has 132 valence electrons. The molecule has 0 saturated carbocycles. The molecule has 0 heterocycles. The zero-order valence-electron chi connectivity index (χ0n) is 14.6. The van der Waals surface area contributed by atoms with Gasteiger partial charge in [0.05, 0.1) is 4.90 Å². The Morgan fingerprint density at radius 3 is 2.28 bits per heavy atom. The average Bonchev–Trinajstić information content (AvgIpc) is 2.61. The third kappa shape index (κ3) is 3.99. The van der Waals surface area contributed by atoms with Gasteiger partial charge in [0.15, 0.2) is 5.78 Å². The summed E-state index contributed by atoms with van der Waals surface area (Å²) >= 11 is 0. The number of hydrogen-bond donors (Lipinski definition) is 1. The van der Waals surface area contributed by atoms with Crippen molar-refractivity contribution in [2.75, 3.05) is 0 Å². The van der Waals surface area contributed by atoms with Gasteiger partial charge in [-0.1, -0.05) is 30.3 Å². The average molecular weight is 357 g/mol. The maximum Gasteiger partial charge on any atom is 0.241 e. The molecule has 1 aliphatic carbocycles. The molecule has 1 N–H and O–H groups in total. The quantitative estimate of drug-likeness (QED) is 0.828. The molecule has 0 bridgehead atoms. The van der Waals surface area contributed by atoms with Gasteiger partial charge < -0.3 is 0 Å². The van der Waals surface area contributed by atoms with Crippen LogP contribution in [0.3, 0.4) is 0 Å². The van der Waals surface area contributed by atoms with Crippen molar-refractivity contribution < 1.29 is 13.2 Å². The Labute approximate surface area is 149 Å². The van der Waals surface area contributed by atoms with Crippen LogP contribution in [0.1, 0.15) is 59.8 Å². The lowest BCUT2D eigenvalue weighted by atomic mass is 9.89. The summed E-state index contributed by atoms with van der Waals surface area (Å²) in [6.45, 7) is 3.31. The fraction of sp³-hybridized carbons (Fsp3) is 0.350. The van der Waals surface area contributed by atoms with Gasteiger partial charge in [0.25, 0.3) is 0 Å². The van der Waals surface area contributed by atoms with Crippen molar-refractivity contribution in [1.29, 1.82) is 0 Å². The number of fused-ring (bicyclic) bond motifs is 1. The summed E-state index contributed by atoms with van der Waals surface area (Å²) in [5, 5.41) is 0. The van der Waals surface area contributed by atoms with Crippen molar-refractivity contribution in [3.8, 4) is 0 Å². The van der Waals surface area contributed by atoms with Gasteiger partial charge in [-0.05, 0) is 68.4 Å². The highest BCUT2D eigenvalue weighted by molar-refractivity contribution is 7.89. The molecule has 5 heteroatoms. The highest BCUT2D eigenvalue weighted by Gasteiger charge is 2.20. The highest BCUT2D eigenvalue weighted by atomic mass is 32.2. The summed E-state index contributed by atoms with van der Waals surface area (Å²) in [5.41, 5.74) is 4.19. The van der Waals surface area contributed by atoms with Gasteiger partial charge in [-0.2, -0.15) is 0 Å². The zero-order chi connectivity index (χ0) is 18.0. The van der Waals surface area contributed by atoms with E-state index in [1.165, 1.54) is 43.0 Å². The molecule has 1 aliphatic rings. The summed E-state index contributed by atoms with van der Waals surface area (Å²) in [6.07, 6.45) is 4.59. The zero-order valence-corrected chi connectivity index (χ0v) is 15.4. The van der Waals surface area contributed by atoms with Gasteiger partial charge in [0, 0.05) is 11.6 Å². The molecule has 0 aromatic heterocycles. The number of hydrogen-bond acceptors (Lipinski definition) is 3. The standard InChI is InChI=1S/C20H23NO3S/c1-14(18-8-7-17-5-3-4-6-19(17)13-18)21-25(23,24)20-11-9-16(10-12-20)15(2)22/h7-14,21H,3-6H2,1-2H3/t14-/m1/s1. The van der Waals surface area contributed by atoms with E-state index in [1.807, 2.05) is 13.0 Å². The molecule has 0 amide bonds. The first-order valence-corrected chi connectivity index (χ1v) is 10.1. The smallest absolute Gasteiger partial charge is 0.241 e. The molecular weight excluding hydrogens is 334 g/mol. The predicted octanol–water partition coefficient (Wildman–Crippen LogP) is 3.81. The Bertz CT molecular complexity index is 886. The normalized spacial score (nSPS) is 15.4. The van der Waals surface area contributed by atoms with Crippen molar-refractivity contribution in [2.45, 2.75) is 50.5 Å². The summed E-state index contributed by atoms with van der Waals surface area (Å²) in [4.78, 5) is 11.5. The van der Waals surface area contributed by atoms with Crippen LogP contribution in [0.4, 0.5) is 0 Å². The van der Waals surface area contributed by atoms with E-state index in [4.69, 9.17) is 0 Å². The van der Waals surface area contributed by atoms with Crippen molar-refractivity contribution in [3.63, 3.8) is 0 Å². The minimum atomic E-state index is -3.63. The van der Waals surface area contributed by atoms with Crippen LogP contribution in [-0.4, -0.2) is 14.2 Å². The lowest BCUT2D eigenvalue weighted by Gasteiger charge is -2.20. The van der Waals surface area contributed by atoms with Crippen molar-refractivity contribution >= 4 is 15.8 Å². The molecule has 2 aromatic rings. The Balaban J connectivity index is 1.79. The summed E-state index contributed by atoms with van der Waals surface area (Å²) in [5.74, 6) is -0.0839. The number of Topliss-reactive ketones (excluding diaryl/α,β-unsaturated/α-hetero) is 1. The second-order valence-electron chi connectivity index (χ2n) is 6.66. The van der Waals surface area contributed by atoms with Crippen LogP contribution >= 0.6 is 0 Å². The van der Waals surface area contributed by atoms with E-state index in [-0.39, 0.29) is 16.7 Å². The minimum absolute atomic E-state index is 0.0839. The Hall–Kier alpha value is -1.98. The van der Waals surface area contributed by atoms with E-state index in [2.05, 4.69) is 16.9 Å². The molecule has 0 radical (unpaired) electrons. The molecule has 1 atom stereocenters. The fourth-order valence-electron chi connectivity index (χ4n) is 3.26. The summed E-state index contributed by atoms with van der Waals surface area (Å²) < 4.78 is 27.9. The number of sulfonamides is 1. The second-order valence-corrected chi connectivity index (χ2v) is 8.37. The minimum Gasteiger partial charge on any atom is -0.295 e. The largest absolute Gasteiger partial charge is 0.295 e. The molecule has 0 fully saturated rings. The van der Waals surface area contributed by atoms with E-state index >= 15 is 0 Å². The maximum absolute atomic E-state index is 12.6. The second kappa shape index (κ2) is 7.10. The number of nitrogens with one attached hydrogen (secondary N) is 1. The maximum atomic E-state index is 12.6. The van der Waals surface area contributed by atoms with Crippen molar-refractivity contribution in [1.82, 2.24) is 4.72 Å². The first kappa shape index (κ1) is 17.8. The van der Waals surface area contributed by atoms with Crippen molar-refractivity contribution in [2.24, 2.45) is 0 Å². The fourth-order valence-corrected chi connectivity index (χ4v) is 4.49. The number of aryl methyl sites for hydroxylation is 2. The molecule has 25 heavy (non-hydrogen) atoms. The van der Waals surface area contributed by atoms with Gasteiger partial charge in [-0.3, -0.25) is 4.79 Å². The summed E-state index contributed by atoms with van der Waals surface area (Å²) in [6, 6.07) is 12.0. The third-order valence-electron chi connectivity index (χ3n) is 4.78. The van der Waals surface area contributed by atoms with E-state index in [1.54, 1.807) is 12.1 Å². The van der Waals surface area contributed by atoms with Crippen LogP contribution in [-0.2, 0) is 22.9 Å². The first-order chi connectivity index (χ1) is 11.9. The number of benzene rings is 2. The van der Waals surface area contributed by atoms with Gasteiger partial charge in [-0.15, -0.1) is 0 Å². The Kier molecular flexibility index (Phi) is 5.06. The van der Waals surface area contributed by atoms with E-state index in [0.717, 1.165) is 18.4 Å². The van der Waals surface area contributed by atoms with Gasteiger partial charge >= 0.3 is 0 Å². The molecule has 4 nitrogen and oxygen atoms in total. The van der Waals surface area contributed by atoms with E-state index in [0.29, 0.717) is 5.56 Å². The van der Waals surface area contributed by atoms with Gasteiger partial charge in [-0.25, -0.2) is 13.1 Å². The number of rotatable bonds is 5. The van der Waals surface area contributed by atoms with Gasteiger partial charge in [0.1, 0.15) is 0 Å². The van der Waals surface area contributed by atoms with Crippen LogP contribution in [0.25, 0.3) is 0 Å². The Morgan fingerprint density at radius 2 is 1.64 bits per heavy atom. The molecule has 0 unspecified atom stereocenters. The van der Waals surface area contributed by atoms with Crippen LogP contribution < -0.4 is 4.72 Å². The van der Waals surface area contributed by atoms with E-state index in [9.17, 15) is 13.2 Å². The van der Waals surface area contributed by atoms with Crippen LogP contribution in [0, 0.1) is 0 Å². The van der Waals surface area contributed by atoms with Crippen LogP contribution in [0.5, 0.6) is 0 Å². The first-order valence-electron chi connectivity index (χ1n) is 8.62. The number of carbonyl (C=O) groups is 1. The topological polar surface area (TPSA) is 63.2 Å². The molecule has 2 aromatic carbocycles. The third-order valence-corrected chi connectivity index (χ3v) is 6.33. The van der Waals surface area contributed by atoms with Crippen molar-refractivity contribution in [3.05, 3.63) is 64.7 Å². The monoisotopic (exact) mass is 357 g/mol. The summed E-state index contributed by atoms with van der Waals surface area (Å²) in [7, 11) is -3.63.